The quantitative estimate of drug-likeness (QED) is 0.940. The van der Waals surface area contributed by atoms with Gasteiger partial charge in [-0.1, -0.05) is 12.5 Å². The van der Waals surface area contributed by atoms with Gasteiger partial charge in [-0.15, -0.1) is 11.3 Å². The van der Waals surface area contributed by atoms with E-state index < -0.39 is 0 Å². The number of anilines is 1. The van der Waals surface area contributed by atoms with Crippen molar-refractivity contribution in [3.05, 3.63) is 40.9 Å². The topological polar surface area (TPSA) is 54.5 Å². The first kappa shape index (κ1) is 14.7. The Morgan fingerprint density at radius 1 is 1.39 bits per heavy atom. The molecule has 2 aromatic rings. The molecular weight excluding hydrogens is 310 g/mol. The molecule has 0 saturated heterocycles. The first-order chi connectivity index (χ1) is 11.3. The Morgan fingerprint density at radius 3 is 3.04 bits per heavy atom. The van der Waals surface area contributed by atoms with Crippen LogP contribution in [0.1, 0.15) is 35.2 Å². The number of amides is 1. The number of rotatable bonds is 3. The van der Waals surface area contributed by atoms with Crippen molar-refractivity contribution in [1.29, 1.82) is 0 Å². The second-order valence-electron chi connectivity index (χ2n) is 6.02. The predicted octanol–water partition coefficient (Wildman–Crippen LogP) is 3.14. The number of nitrogens with one attached hydrogen (secondary N) is 1. The molecule has 1 aromatic heterocycles. The number of fused-ring (bicyclic) bond motifs is 1. The van der Waals surface area contributed by atoms with E-state index in [1.807, 2.05) is 23.6 Å². The standard InChI is InChI=1S/C17H19N3O2S/c21-16(19-17-18-6-9-23-17)12-4-5-13-11-20(14-2-1-3-14)7-8-22-15(13)10-12/h4-6,9-10,14H,1-3,7-8,11H2,(H,18,19,21). The number of ether oxygens (including phenoxy) is 1. The molecular formula is C17H19N3O2S. The number of carbonyl (C=O) groups excluding carboxylic acids is 1. The van der Waals surface area contributed by atoms with E-state index in [0.717, 1.165) is 18.8 Å². The number of thiazole rings is 1. The third kappa shape index (κ3) is 3.09. The highest BCUT2D eigenvalue weighted by molar-refractivity contribution is 7.13. The van der Waals surface area contributed by atoms with Gasteiger partial charge in [0.05, 0.1) is 0 Å². The van der Waals surface area contributed by atoms with Gasteiger partial charge in [0.15, 0.2) is 5.13 Å². The molecule has 1 fully saturated rings. The number of nitrogens with zero attached hydrogens (tertiary/aromatic N) is 2. The van der Waals surface area contributed by atoms with Crippen LogP contribution in [-0.2, 0) is 6.54 Å². The van der Waals surface area contributed by atoms with Gasteiger partial charge in [0.1, 0.15) is 12.4 Å². The summed E-state index contributed by atoms with van der Waals surface area (Å²) in [5.74, 6) is 0.685. The van der Waals surface area contributed by atoms with Crippen LogP contribution in [0.15, 0.2) is 29.8 Å². The number of benzene rings is 1. The van der Waals surface area contributed by atoms with Crippen LogP contribution in [0.3, 0.4) is 0 Å². The van der Waals surface area contributed by atoms with Crippen LogP contribution >= 0.6 is 11.3 Å². The van der Waals surface area contributed by atoms with Crippen LogP contribution in [0.2, 0.25) is 0 Å². The summed E-state index contributed by atoms with van der Waals surface area (Å²) in [6, 6.07) is 6.44. The minimum Gasteiger partial charge on any atom is -0.492 e. The molecule has 1 amide bonds. The van der Waals surface area contributed by atoms with Crippen molar-refractivity contribution in [2.24, 2.45) is 0 Å². The monoisotopic (exact) mass is 329 g/mol. The van der Waals surface area contributed by atoms with Gasteiger partial charge in [0.2, 0.25) is 0 Å². The number of carbonyl (C=O) groups is 1. The fourth-order valence-corrected chi connectivity index (χ4v) is 3.57. The van der Waals surface area contributed by atoms with Crippen molar-refractivity contribution in [2.45, 2.75) is 31.8 Å². The molecule has 1 N–H and O–H groups in total. The first-order valence-electron chi connectivity index (χ1n) is 8.00. The van der Waals surface area contributed by atoms with Crippen molar-refractivity contribution < 1.29 is 9.53 Å². The van der Waals surface area contributed by atoms with Crippen molar-refractivity contribution in [1.82, 2.24) is 9.88 Å². The van der Waals surface area contributed by atoms with E-state index in [1.54, 1.807) is 6.20 Å². The lowest BCUT2D eigenvalue weighted by Crippen LogP contribution is -2.40. The van der Waals surface area contributed by atoms with Gasteiger partial charge in [-0.25, -0.2) is 4.98 Å². The minimum absolute atomic E-state index is 0.147. The molecule has 0 atom stereocenters. The molecule has 1 aromatic carbocycles. The number of aromatic nitrogens is 1. The average molecular weight is 329 g/mol. The second kappa shape index (κ2) is 6.29. The summed E-state index contributed by atoms with van der Waals surface area (Å²) >= 11 is 1.41. The zero-order valence-electron chi connectivity index (χ0n) is 12.8. The Hall–Kier alpha value is -1.92. The zero-order chi connectivity index (χ0) is 15.6. The normalized spacial score (nSPS) is 18.4. The Kier molecular flexibility index (Phi) is 4.01. The molecule has 1 aliphatic carbocycles. The Morgan fingerprint density at radius 2 is 2.30 bits per heavy atom. The molecule has 6 heteroatoms. The van der Waals surface area contributed by atoms with Crippen LogP contribution in [0.25, 0.3) is 0 Å². The van der Waals surface area contributed by atoms with E-state index in [0.29, 0.717) is 23.3 Å². The van der Waals surface area contributed by atoms with Gasteiger partial charge < -0.3 is 4.74 Å². The predicted molar refractivity (Wildman–Crippen MR) is 90.1 cm³/mol. The van der Waals surface area contributed by atoms with Gasteiger partial charge in [-0.05, 0) is 25.0 Å². The lowest BCUT2D eigenvalue weighted by molar-refractivity contribution is 0.102. The largest absolute Gasteiger partial charge is 0.492 e. The summed E-state index contributed by atoms with van der Waals surface area (Å²) in [6.07, 6.45) is 5.60. The molecule has 4 rings (SSSR count). The average Bonchev–Trinajstić information content (AvgIpc) is 2.91. The maximum Gasteiger partial charge on any atom is 0.257 e. The SMILES string of the molecule is O=C(Nc1nccs1)c1ccc2c(c1)OCCN(C1CCC1)C2. The summed E-state index contributed by atoms with van der Waals surface area (Å²) < 4.78 is 5.89. The van der Waals surface area contributed by atoms with Crippen LogP contribution < -0.4 is 10.1 Å². The summed E-state index contributed by atoms with van der Waals surface area (Å²) in [6.45, 7) is 2.55. The molecule has 0 radical (unpaired) electrons. The van der Waals surface area contributed by atoms with E-state index in [9.17, 15) is 4.79 Å². The highest BCUT2D eigenvalue weighted by Gasteiger charge is 2.27. The summed E-state index contributed by atoms with van der Waals surface area (Å²) in [5.41, 5.74) is 1.77. The van der Waals surface area contributed by atoms with Gasteiger partial charge in [0.25, 0.3) is 5.91 Å². The molecule has 0 unspecified atom stereocenters. The maximum atomic E-state index is 12.3. The van der Waals surface area contributed by atoms with Crippen LogP contribution in [0, 0.1) is 0 Å². The van der Waals surface area contributed by atoms with Crippen molar-refractivity contribution in [2.75, 3.05) is 18.5 Å². The highest BCUT2D eigenvalue weighted by atomic mass is 32.1. The van der Waals surface area contributed by atoms with E-state index in [-0.39, 0.29) is 5.91 Å². The van der Waals surface area contributed by atoms with Crippen LogP contribution in [0.5, 0.6) is 5.75 Å². The molecule has 1 aliphatic heterocycles. The zero-order valence-corrected chi connectivity index (χ0v) is 13.6. The smallest absolute Gasteiger partial charge is 0.257 e. The van der Waals surface area contributed by atoms with Gasteiger partial charge in [-0.3, -0.25) is 15.0 Å². The lowest BCUT2D eigenvalue weighted by Gasteiger charge is -2.36. The highest BCUT2D eigenvalue weighted by Crippen LogP contribution is 2.31. The van der Waals surface area contributed by atoms with Crippen LogP contribution in [-0.4, -0.2) is 35.0 Å². The fraction of sp³-hybridized carbons (Fsp3) is 0.412. The van der Waals surface area contributed by atoms with Crippen molar-refractivity contribution in [3.63, 3.8) is 0 Å². The molecule has 0 spiro atoms. The van der Waals surface area contributed by atoms with Crippen LogP contribution in [0.4, 0.5) is 5.13 Å². The van der Waals surface area contributed by atoms with Gasteiger partial charge >= 0.3 is 0 Å². The molecule has 5 nitrogen and oxygen atoms in total. The number of hydrogen-bond donors (Lipinski definition) is 1. The Labute approximate surface area is 139 Å². The van der Waals surface area contributed by atoms with Gasteiger partial charge in [0, 0.05) is 41.8 Å². The summed E-state index contributed by atoms with van der Waals surface area (Å²) in [4.78, 5) is 18.9. The van der Waals surface area contributed by atoms with Gasteiger partial charge in [-0.2, -0.15) is 0 Å². The lowest BCUT2D eigenvalue weighted by atomic mass is 9.91. The van der Waals surface area contributed by atoms with E-state index >= 15 is 0 Å². The Bertz CT molecular complexity index is 698. The first-order valence-corrected chi connectivity index (χ1v) is 8.88. The summed E-state index contributed by atoms with van der Waals surface area (Å²) in [5, 5.41) is 5.26. The minimum atomic E-state index is -0.147. The molecule has 1 saturated carbocycles. The van der Waals surface area contributed by atoms with E-state index in [2.05, 4.69) is 15.2 Å². The second-order valence-corrected chi connectivity index (χ2v) is 6.91. The van der Waals surface area contributed by atoms with E-state index in [1.165, 1.54) is 36.2 Å². The molecule has 0 bridgehead atoms. The Balaban J connectivity index is 1.51. The molecule has 2 heterocycles. The molecule has 2 aliphatic rings. The van der Waals surface area contributed by atoms with E-state index in [4.69, 9.17) is 4.74 Å². The maximum absolute atomic E-state index is 12.3. The number of hydrogen-bond acceptors (Lipinski definition) is 5. The van der Waals surface area contributed by atoms with Crippen molar-refractivity contribution in [3.8, 4) is 5.75 Å². The van der Waals surface area contributed by atoms with Crippen molar-refractivity contribution >= 4 is 22.4 Å². The third-order valence-corrected chi connectivity index (χ3v) is 5.27. The fourth-order valence-electron chi connectivity index (χ4n) is 3.05. The summed E-state index contributed by atoms with van der Waals surface area (Å²) in [7, 11) is 0. The third-order valence-electron chi connectivity index (χ3n) is 4.58. The molecule has 23 heavy (non-hydrogen) atoms. The molecule has 120 valence electrons.